The highest BCUT2D eigenvalue weighted by atomic mass is 32.2. The molecule has 3 amide bonds. The lowest BCUT2D eigenvalue weighted by atomic mass is 10.1. The zero-order valence-electron chi connectivity index (χ0n) is 23.0. The molecule has 0 aromatic carbocycles. The summed E-state index contributed by atoms with van der Waals surface area (Å²) >= 11 is 3.32. The largest absolute Gasteiger partial charge is 0.361 e. The number of carbonyl (C=O) groups excluding carboxylic acids is 3. The van der Waals surface area contributed by atoms with E-state index in [0.29, 0.717) is 6.42 Å². The summed E-state index contributed by atoms with van der Waals surface area (Å²) < 4.78 is 5.57. The summed E-state index contributed by atoms with van der Waals surface area (Å²) in [4.78, 5) is 39.7. The van der Waals surface area contributed by atoms with Gasteiger partial charge in [-0.2, -0.15) is 0 Å². The maximum Gasteiger partial charge on any atom is 0.243 e. The fourth-order valence-corrected chi connectivity index (χ4v) is 6.62. The number of hydrogen-bond acceptors (Lipinski definition) is 6. The van der Waals surface area contributed by atoms with E-state index in [-0.39, 0.29) is 49.5 Å². The van der Waals surface area contributed by atoms with Crippen molar-refractivity contribution in [1.82, 2.24) is 9.80 Å². The lowest BCUT2D eigenvalue weighted by molar-refractivity contribution is -0.144. The minimum atomic E-state index is -0.401. The van der Waals surface area contributed by atoms with Gasteiger partial charge in [0, 0.05) is 40.5 Å². The normalized spacial score (nSPS) is 25.0. The number of imide groups is 1. The van der Waals surface area contributed by atoms with Crippen LogP contribution in [0.4, 0.5) is 0 Å². The quantitative estimate of drug-likeness (QED) is 0.486. The second-order valence-corrected chi connectivity index (χ2v) is 16.7. The van der Waals surface area contributed by atoms with Crippen molar-refractivity contribution in [2.75, 3.05) is 7.11 Å². The van der Waals surface area contributed by atoms with Crippen LogP contribution in [0, 0.1) is 0 Å². The first-order valence-electron chi connectivity index (χ1n) is 11.7. The molecule has 2 rings (SSSR count). The molecular formula is C25H46N2O4S2. The molecule has 2 saturated heterocycles. The Morgan fingerprint density at radius 3 is 1.48 bits per heavy atom. The lowest BCUT2D eigenvalue weighted by Crippen LogP contribution is -2.48. The van der Waals surface area contributed by atoms with Gasteiger partial charge in [-0.05, 0) is 41.5 Å². The number of hydrogen-bond donors (Lipinski definition) is 0. The van der Waals surface area contributed by atoms with Gasteiger partial charge in [0.1, 0.15) is 6.23 Å². The van der Waals surface area contributed by atoms with Gasteiger partial charge in [0.25, 0.3) is 0 Å². The molecule has 2 aliphatic heterocycles. The summed E-state index contributed by atoms with van der Waals surface area (Å²) in [5.41, 5.74) is -0.577. The average molecular weight is 503 g/mol. The van der Waals surface area contributed by atoms with E-state index in [1.165, 1.54) is 4.90 Å². The molecule has 0 saturated carbocycles. The minimum absolute atomic E-state index is 0.00843. The van der Waals surface area contributed by atoms with Crippen LogP contribution in [0.25, 0.3) is 0 Å². The van der Waals surface area contributed by atoms with Crippen LogP contribution in [0.2, 0.25) is 0 Å². The zero-order valence-corrected chi connectivity index (χ0v) is 24.6. The number of rotatable bonds is 3. The Kier molecular flexibility index (Phi) is 9.63. The van der Waals surface area contributed by atoms with E-state index in [2.05, 4.69) is 62.3 Å². The number of ether oxygens (including phenoxy) is 1. The Hall–Kier alpha value is -0.730. The van der Waals surface area contributed by atoms with E-state index >= 15 is 0 Å². The molecule has 0 spiro atoms. The van der Waals surface area contributed by atoms with Crippen molar-refractivity contribution in [3.63, 3.8) is 0 Å². The molecule has 0 aliphatic carbocycles. The van der Waals surface area contributed by atoms with Crippen LogP contribution in [0.5, 0.6) is 0 Å². The summed E-state index contributed by atoms with van der Waals surface area (Å²) in [6, 6.07) is 0. The van der Waals surface area contributed by atoms with Crippen molar-refractivity contribution in [2.45, 2.75) is 133 Å². The summed E-state index contributed by atoms with van der Waals surface area (Å²) in [5, 5.41) is -0.175. The van der Waals surface area contributed by atoms with Crippen molar-refractivity contribution >= 4 is 41.2 Å². The summed E-state index contributed by atoms with van der Waals surface area (Å²) in [5.74, 6) is 0.140. The monoisotopic (exact) mass is 502 g/mol. The van der Waals surface area contributed by atoms with Gasteiger partial charge in [0.05, 0.1) is 10.5 Å². The second-order valence-electron chi connectivity index (χ2n) is 12.7. The molecule has 0 aromatic rings. The van der Waals surface area contributed by atoms with Gasteiger partial charge in [0.15, 0.2) is 0 Å². The van der Waals surface area contributed by atoms with Crippen LogP contribution in [-0.2, 0) is 19.1 Å². The standard InChI is InChI=1S/C13H25NO2S.C12H21NO2S/c1-12(2,3)14-10(16-7)8-9(11(14)15)17-13(4,5)6;1-11(2,3)13-9(14)7-8(10(13)15)16-12(4,5)6/h9-10H,8H2,1-7H3;8H,7H2,1-6H3. The van der Waals surface area contributed by atoms with Crippen molar-refractivity contribution < 1.29 is 19.1 Å². The first-order chi connectivity index (χ1) is 14.6. The van der Waals surface area contributed by atoms with Crippen molar-refractivity contribution in [3.8, 4) is 0 Å². The van der Waals surface area contributed by atoms with Gasteiger partial charge in [-0.25, -0.2) is 0 Å². The van der Waals surface area contributed by atoms with Gasteiger partial charge in [-0.1, -0.05) is 41.5 Å². The van der Waals surface area contributed by atoms with Crippen LogP contribution in [0.3, 0.4) is 0 Å². The topological polar surface area (TPSA) is 66.9 Å². The third-order valence-corrected chi connectivity index (χ3v) is 7.72. The van der Waals surface area contributed by atoms with Crippen LogP contribution < -0.4 is 0 Å². The molecule has 2 heterocycles. The van der Waals surface area contributed by atoms with E-state index in [4.69, 9.17) is 4.74 Å². The second kappa shape index (κ2) is 10.5. The summed E-state index contributed by atoms with van der Waals surface area (Å²) in [6.45, 7) is 24.5. The molecule has 0 N–H and O–H groups in total. The molecule has 2 fully saturated rings. The molecule has 0 radical (unpaired) electrons. The van der Waals surface area contributed by atoms with Gasteiger partial charge in [0.2, 0.25) is 17.7 Å². The maximum absolute atomic E-state index is 12.4. The van der Waals surface area contributed by atoms with E-state index < -0.39 is 5.54 Å². The van der Waals surface area contributed by atoms with Crippen LogP contribution in [-0.4, -0.2) is 71.9 Å². The number of nitrogens with zero attached hydrogens (tertiary/aromatic N) is 2. The van der Waals surface area contributed by atoms with Crippen LogP contribution in [0.15, 0.2) is 0 Å². The summed E-state index contributed by atoms with van der Waals surface area (Å²) in [6.07, 6.45) is 1.05. The van der Waals surface area contributed by atoms with Crippen molar-refractivity contribution in [1.29, 1.82) is 0 Å². The number of methoxy groups -OCH3 is 1. The number of thioether (sulfide) groups is 2. The maximum atomic E-state index is 12.4. The minimum Gasteiger partial charge on any atom is -0.361 e. The molecule has 3 atom stereocenters. The number of amides is 3. The molecule has 6 nitrogen and oxygen atoms in total. The third kappa shape index (κ3) is 8.77. The Labute approximate surface area is 210 Å². The first kappa shape index (κ1) is 30.3. The Bertz CT molecular complexity index is 727. The molecule has 192 valence electrons. The molecular weight excluding hydrogens is 456 g/mol. The predicted octanol–water partition coefficient (Wildman–Crippen LogP) is 5.33. The SMILES string of the molecule is CC(C)(C)SC1CC(=O)N(C(C)(C)C)C1=O.COC1CC(SC(C)(C)C)C(=O)N1C(C)(C)C. The highest BCUT2D eigenvalue weighted by Crippen LogP contribution is 2.39. The lowest BCUT2D eigenvalue weighted by Gasteiger charge is -2.36. The average Bonchev–Trinajstić information content (AvgIpc) is 3.00. The van der Waals surface area contributed by atoms with Gasteiger partial charge in [-0.15, -0.1) is 23.5 Å². The third-order valence-electron chi connectivity index (χ3n) is 4.98. The number of carbonyl (C=O) groups is 3. The Morgan fingerprint density at radius 2 is 1.18 bits per heavy atom. The summed E-state index contributed by atoms with van der Waals surface area (Å²) in [7, 11) is 1.68. The highest BCUT2D eigenvalue weighted by molar-refractivity contribution is 8.02. The van der Waals surface area contributed by atoms with Gasteiger partial charge >= 0.3 is 0 Å². The Morgan fingerprint density at radius 1 is 0.727 bits per heavy atom. The number of likely N-dealkylation sites (tertiary alicyclic amines) is 2. The molecule has 2 aliphatic rings. The first-order valence-corrected chi connectivity index (χ1v) is 13.4. The molecule has 0 bridgehead atoms. The van der Waals surface area contributed by atoms with Crippen molar-refractivity contribution in [2.24, 2.45) is 0 Å². The smallest absolute Gasteiger partial charge is 0.243 e. The zero-order chi connectivity index (χ0) is 26.2. The molecule has 33 heavy (non-hydrogen) atoms. The van der Waals surface area contributed by atoms with E-state index in [0.717, 1.165) is 6.42 Å². The molecule has 8 heteroatoms. The van der Waals surface area contributed by atoms with Crippen molar-refractivity contribution in [3.05, 3.63) is 0 Å². The highest BCUT2D eigenvalue weighted by Gasteiger charge is 2.47. The Balaban J connectivity index is 0.000000331. The molecule has 0 aromatic heterocycles. The fraction of sp³-hybridized carbons (Fsp3) is 0.880. The van der Waals surface area contributed by atoms with Gasteiger partial charge in [-0.3, -0.25) is 19.3 Å². The van der Waals surface area contributed by atoms with Gasteiger partial charge < -0.3 is 9.64 Å². The van der Waals surface area contributed by atoms with E-state index in [9.17, 15) is 14.4 Å². The van der Waals surface area contributed by atoms with Crippen LogP contribution >= 0.6 is 23.5 Å². The van der Waals surface area contributed by atoms with E-state index in [1.807, 2.05) is 25.7 Å². The van der Waals surface area contributed by atoms with E-state index in [1.54, 1.807) is 30.6 Å². The fourth-order valence-electron chi connectivity index (χ4n) is 4.00. The van der Waals surface area contributed by atoms with Crippen LogP contribution in [0.1, 0.15) is 95.9 Å². The predicted molar refractivity (Wildman–Crippen MR) is 140 cm³/mol. The molecule has 3 unspecified atom stereocenters.